The number of aromatic nitrogens is 3. The molecule has 3 nitrogen and oxygen atoms in total. The van der Waals surface area contributed by atoms with Crippen molar-refractivity contribution < 1.29 is 0 Å². The number of para-hydroxylation sites is 3. The third kappa shape index (κ3) is 3.89. The lowest BCUT2D eigenvalue weighted by atomic mass is 9.78. The molecule has 0 bridgehead atoms. The van der Waals surface area contributed by atoms with Crippen LogP contribution in [0.5, 0.6) is 0 Å². The lowest BCUT2D eigenvalue weighted by Crippen LogP contribution is -2.09. The zero-order valence-corrected chi connectivity index (χ0v) is 21.8. The third-order valence-electron chi connectivity index (χ3n) is 7.73. The van der Waals surface area contributed by atoms with Crippen LogP contribution in [0.1, 0.15) is 40.5 Å². The number of nitrogens with one attached hydrogen (secondary N) is 3. The molecule has 7 rings (SSSR count). The number of aromatic amines is 3. The summed E-state index contributed by atoms with van der Waals surface area (Å²) in [4.78, 5) is 10.6. The monoisotopic (exact) mass is 543 g/mol. The SMILES string of the molecule is Brc1ccc(C(CC(c2c[nH]c3ccccc23)c2c[nH]c3ccccc23)c2c[nH]c3ccccc23)cc1. The molecule has 4 heteroatoms. The second kappa shape index (κ2) is 9.13. The maximum atomic E-state index is 3.64. The first-order valence-corrected chi connectivity index (χ1v) is 13.5. The summed E-state index contributed by atoms with van der Waals surface area (Å²) < 4.78 is 1.10. The molecular weight excluding hydrogens is 518 g/mol. The minimum atomic E-state index is 0.189. The van der Waals surface area contributed by atoms with Crippen molar-refractivity contribution in [2.45, 2.75) is 18.3 Å². The van der Waals surface area contributed by atoms with Gasteiger partial charge in [0.15, 0.2) is 0 Å². The zero-order chi connectivity index (χ0) is 24.8. The zero-order valence-electron chi connectivity index (χ0n) is 20.2. The van der Waals surface area contributed by atoms with Gasteiger partial charge in [0.2, 0.25) is 0 Å². The minimum absolute atomic E-state index is 0.189. The smallest absolute Gasteiger partial charge is 0.0457 e. The molecule has 3 aromatic heterocycles. The summed E-state index contributed by atoms with van der Waals surface area (Å²) in [6.07, 6.45) is 7.57. The Balaban J connectivity index is 1.44. The van der Waals surface area contributed by atoms with Gasteiger partial charge in [0.1, 0.15) is 0 Å². The van der Waals surface area contributed by atoms with Gasteiger partial charge in [0, 0.05) is 67.6 Å². The molecule has 0 aliphatic heterocycles. The van der Waals surface area contributed by atoms with Crippen LogP contribution in [0.4, 0.5) is 0 Å². The maximum Gasteiger partial charge on any atom is 0.0457 e. The molecule has 180 valence electrons. The largest absolute Gasteiger partial charge is 0.361 e. The number of H-pyrrole nitrogens is 3. The van der Waals surface area contributed by atoms with Crippen molar-refractivity contribution in [3.8, 4) is 0 Å². The van der Waals surface area contributed by atoms with Crippen molar-refractivity contribution in [3.63, 3.8) is 0 Å². The standard InChI is InChI=1S/C33H26BrN3/c34-22-15-13-21(14-16-22)26(28-18-35-31-10-4-1-7-23(28)31)17-27(29-19-36-32-11-5-2-8-24(29)32)30-20-37-33-12-6-3-9-25(30)33/h1-16,18-20,26-27,35-37H,17H2. The first kappa shape index (κ1) is 22.2. The molecule has 3 heterocycles. The second-order valence-corrected chi connectivity index (χ2v) is 10.7. The Morgan fingerprint density at radius 1 is 0.486 bits per heavy atom. The molecule has 0 saturated heterocycles. The van der Waals surface area contributed by atoms with Gasteiger partial charge in [-0.15, -0.1) is 0 Å². The Labute approximate surface area is 223 Å². The third-order valence-corrected chi connectivity index (χ3v) is 8.26. The Bertz CT molecular complexity index is 1760. The summed E-state index contributed by atoms with van der Waals surface area (Å²) in [6.45, 7) is 0. The molecule has 3 N–H and O–H groups in total. The molecule has 0 radical (unpaired) electrons. The molecule has 0 aliphatic carbocycles. The van der Waals surface area contributed by atoms with Gasteiger partial charge in [-0.25, -0.2) is 0 Å². The van der Waals surface area contributed by atoms with Gasteiger partial charge in [-0.1, -0.05) is 82.7 Å². The first-order chi connectivity index (χ1) is 18.3. The number of rotatable bonds is 6. The highest BCUT2D eigenvalue weighted by atomic mass is 79.9. The molecule has 1 unspecified atom stereocenters. The van der Waals surface area contributed by atoms with Crippen LogP contribution in [0, 0.1) is 0 Å². The topological polar surface area (TPSA) is 47.4 Å². The molecule has 1 atom stereocenters. The Morgan fingerprint density at radius 3 is 1.35 bits per heavy atom. The van der Waals surface area contributed by atoms with Crippen molar-refractivity contribution in [2.75, 3.05) is 0 Å². The van der Waals surface area contributed by atoms with Gasteiger partial charge >= 0.3 is 0 Å². The van der Waals surface area contributed by atoms with Gasteiger partial charge < -0.3 is 15.0 Å². The lowest BCUT2D eigenvalue weighted by molar-refractivity contribution is 0.652. The van der Waals surface area contributed by atoms with Crippen molar-refractivity contribution in [1.29, 1.82) is 0 Å². The van der Waals surface area contributed by atoms with E-state index in [1.165, 1.54) is 55.0 Å². The van der Waals surface area contributed by atoms with Gasteiger partial charge in [0.05, 0.1) is 0 Å². The number of halogens is 1. The molecule has 7 aromatic rings. The summed E-state index contributed by atoms with van der Waals surface area (Å²) in [7, 11) is 0. The van der Waals surface area contributed by atoms with E-state index in [2.05, 4.69) is 147 Å². The highest BCUT2D eigenvalue weighted by Crippen LogP contribution is 2.44. The van der Waals surface area contributed by atoms with E-state index < -0.39 is 0 Å². The van der Waals surface area contributed by atoms with Crippen LogP contribution in [0.25, 0.3) is 32.7 Å². The summed E-state index contributed by atoms with van der Waals surface area (Å²) in [5, 5.41) is 3.85. The molecule has 0 fully saturated rings. The number of fused-ring (bicyclic) bond motifs is 3. The average Bonchev–Trinajstić information content (AvgIpc) is 3.68. The van der Waals surface area contributed by atoms with E-state index in [1.54, 1.807) is 0 Å². The number of hydrogen-bond acceptors (Lipinski definition) is 0. The van der Waals surface area contributed by atoms with Crippen molar-refractivity contribution in [1.82, 2.24) is 15.0 Å². The predicted octanol–water partition coefficient (Wildman–Crippen LogP) is 9.25. The fourth-order valence-electron chi connectivity index (χ4n) is 5.94. The second-order valence-electron chi connectivity index (χ2n) is 9.76. The fourth-order valence-corrected chi connectivity index (χ4v) is 6.21. The van der Waals surface area contributed by atoms with E-state index in [-0.39, 0.29) is 11.8 Å². The number of benzene rings is 4. The van der Waals surface area contributed by atoms with E-state index >= 15 is 0 Å². The van der Waals surface area contributed by atoms with Crippen LogP contribution in [0.3, 0.4) is 0 Å². The number of hydrogen-bond donors (Lipinski definition) is 3. The predicted molar refractivity (Wildman–Crippen MR) is 157 cm³/mol. The van der Waals surface area contributed by atoms with Gasteiger partial charge in [-0.3, -0.25) is 0 Å². The molecule has 0 aliphatic rings. The van der Waals surface area contributed by atoms with E-state index in [0.29, 0.717) is 0 Å². The van der Waals surface area contributed by atoms with Crippen LogP contribution in [-0.2, 0) is 0 Å². The average molecular weight is 544 g/mol. The van der Waals surface area contributed by atoms with Gasteiger partial charge in [0.25, 0.3) is 0 Å². The van der Waals surface area contributed by atoms with Crippen LogP contribution in [0.2, 0.25) is 0 Å². The fraction of sp³-hybridized carbons (Fsp3) is 0.0909. The Hall–Kier alpha value is -4.02. The summed E-state index contributed by atoms with van der Waals surface area (Å²) in [5.74, 6) is 0.395. The first-order valence-electron chi connectivity index (χ1n) is 12.7. The lowest BCUT2D eigenvalue weighted by Gasteiger charge is -2.25. The molecule has 37 heavy (non-hydrogen) atoms. The summed E-state index contributed by atoms with van der Waals surface area (Å²) >= 11 is 3.64. The molecule has 0 amide bonds. The van der Waals surface area contributed by atoms with E-state index in [9.17, 15) is 0 Å². The van der Waals surface area contributed by atoms with E-state index in [1.807, 2.05) is 0 Å². The Morgan fingerprint density at radius 2 is 0.892 bits per heavy atom. The van der Waals surface area contributed by atoms with Crippen LogP contribution < -0.4 is 0 Å². The van der Waals surface area contributed by atoms with Gasteiger partial charge in [-0.05, 0) is 59.0 Å². The molecular formula is C33H26BrN3. The maximum absolute atomic E-state index is 3.64. The van der Waals surface area contributed by atoms with E-state index in [0.717, 1.165) is 10.9 Å². The van der Waals surface area contributed by atoms with Crippen molar-refractivity contribution in [3.05, 3.63) is 142 Å². The molecule has 0 saturated carbocycles. The molecule has 0 spiro atoms. The minimum Gasteiger partial charge on any atom is -0.361 e. The van der Waals surface area contributed by atoms with Crippen molar-refractivity contribution >= 4 is 48.6 Å². The van der Waals surface area contributed by atoms with Gasteiger partial charge in [-0.2, -0.15) is 0 Å². The van der Waals surface area contributed by atoms with Crippen molar-refractivity contribution in [2.24, 2.45) is 0 Å². The van der Waals surface area contributed by atoms with Crippen LogP contribution in [0.15, 0.2) is 120 Å². The highest BCUT2D eigenvalue weighted by molar-refractivity contribution is 9.10. The van der Waals surface area contributed by atoms with Crippen LogP contribution >= 0.6 is 15.9 Å². The Kier molecular flexibility index (Phi) is 5.48. The van der Waals surface area contributed by atoms with E-state index in [4.69, 9.17) is 0 Å². The summed E-state index contributed by atoms with van der Waals surface area (Å²) in [5.41, 5.74) is 8.85. The summed E-state index contributed by atoms with van der Waals surface area (Å²) in [6, 6.07) is 34.7. The quantitative estimate of drug-likeness (QED) is 0.187. The van der Waals surface area contributed by atoms with Crippen LogP contribution in [-0.4, -0.2) is 15.0 Å². The highest BCUT2D eigenvalue weighted by Gasteiger charge is 2.28. The molecule has 4 aromatic carbocycles. The normalized spacial score (nSPS) is 12.7.